The largest absolute Gasteiger partial charge is 0.494 e. The highest BCUT2D eigenvalue weighted by molar-refractivity contribution is 7.99. The van der Waals surface area contributed by atoms with Crippen molar-refractivity contribution in [1.29, 1.82) is 0 Å². The number of carbonyl (C=O) groups excluding carboxylic acids is 1. The second-order valence-electron chi connectivity index (χ2n) is 6.46. The average molecular weight is 373 g/mol. The van der Waals surface area contributed by atoms with Gasteiger partial charge in [-0.25, -0.2) is 0 Å². The molecule has 0 bridgehead atoms. The Kier molecular flexibility index (Phi) is 8.51. The second-order valence-corrected chi connectivity index (χ2v) is 7.79. The molecule has 0 spiro atoms. The molecule has 0 saturated carbocycles. The van der Waals surface area contributed by atoms with Crippen molar-refractivity contribution in [3.8, 4) is 5.75 Å². The van der Waals surface area contributed by atoms with Crippen molar-refractivity contribution in [3.63, 3.8) is 0 Å². The van der Waals surface area contributed by atoms with Gasteiger partial charge in [0, 0.05) is 18.0 Å². The Morgan fingerprint density at radius 3 is 2.46 bits per heavy atom. The summed E-state index contributed by atoms with van der Waals surface area (Å²) >= 11 is 1.64. The number of hydrogen-bond donors (Lipinski definition) is 1. The lowest BCUT2D eigenvalue weighted by Crippen LogP contribution is -2.22. The third-order valence-corrected chi connectivity index (χ3v) is 5.07. The topological polar surface area (TPSA) is 41.6 Å². The van der Waals surface area contributed by atoms with Gasteiger partial charge in [0.05, 0.1) is 11.9 Å². The summed E-state index contributed by atoms with van der Waals surface area (Å²) < 4.78 is 5.71. The molecule has 1 unspecified atom stereocenters. The van der Waals surface area contributed by atoms with Crippen LogP contribution in [-0.2, 0) is 10.5 Å². The maximum Gasteiger partial charge on any atom is 0.237 e. The van der Waals surface area contributed by atoms with E-state index in [1.54, 1.807) is 11.8 Å². The highest BCUT2D eigenvalue weighted by Crippen LogP contribution is 2.20. The average Bonchev–Trinajstić information content (AvgIpc) is 2.65. The molecule has 2 aromatic rings. The summed E-state index contributed by atoms with van der Waals surface area (Å²) in [5, 5.41) is 2.85. The number of rotatable bonds is 10. The fraction of sp³-hybridized carbons (Fsp3) is 0.381. The summed E-state index contributed by atoms with van der Waals surface area (Å²) in [5.74, 6) is 1.67. The van der Waals surface area contributed by atoms with Crippen LogP contribution in [-0.4, -0.2) is 43.3 Å². The van der Waals surface area contributed by atoms with Crippen molar-refractivity contribution in [3.05, 3.63) is 60.2 Å². The first-order valence-corrected chi connectivity index (χ1v) is 9.93. The third kappa shape index (κ3) is 7.50. The smallest absolute Gasteiger partial charge is 0.237 e. The van der Waals surface area contributed by atoms with Gasteiger partial charge in [-0.2, -0.15) is 0 Å². The quantitative estimate of drug-likeness (QED) is 0.632. The number of nitrogens with one attached hydrogen (secondary N) is 1. The normalized spacial score (nSPS) is 12.0. The van der Waals surface area contributed by atoms with E-state index in [1.807, 2.05) is 49.4 Å². The number of hydrogen-bond acceptors (Lipinski definition) is 4. The van der Waals surface area contributed by atoms with Gasteiger partial charge in [-0.05, 0) is 57.3 Å². The summed E-state index contributed by atoms with van der Waals surface area (Å²) in [7, 11) is 4.10. The molecule has 0 aromatic heterocycles. The predicted octanol–water partition coefficient (Wildman–Crippen LogP) is 4.28. The van der Waals surface area contributed by atoms with Crippen LogP contribution in [0.4, 0.5) is 5.69 Å². The minimum atomic E-state index is -0.114. The number of ether oxygens (including phenoxy) is 1. The molecule has 1 N–H and O–H groups in total. The maximum atomic E-state index is 12.3. The highest BCUT2D eigenvalue weighted by Gasteiger charge is 2.13. The van der Waals surface area contributed by atoms with Gasteiger partial charge in [-0.1, -0.05) is 30.3 Å². The van der Waals surface area contributed by atoms with E-state index in [1.165, 1.54) is 5.56 Å². The fourth-order valence-corrected chi connectivity index (χ4v) is 3.17. The van der Waals surface area contributed by atoms with E-state index in [0.29, 0.717) is 6.61 Å². The molecule has 4 nitrogen and oxygen atoms in total. The van der Waals surface area contributed by atoms with Crippen molar-refractivity contribution < 1.29 is 9.53 Å². The summed E-state index contributed by atoms with van der Waals surface area (Å²) in [6.07, 6.45) is 0.988. The van der Waals surface area contributed by atoms with Crippen LogP contribution in [0.2, 0.25) is 0 Å². The van der Waals surface area contributed by atoms with E-state index < -0.39 is 0 Å². The van der Waals surface area contributed by atoms with Crippen molar-refractivity contribution in [2.45, 2.75) is 24.3 Å². The Balaban J connectivity index is 1.74. The number of carbonyl (C=O) groups is 1. The van der Waals surface area contributed by atoms with Gasteiger partial charge in [0.2, 0.25) is 5.91 Å². The summed E-state index contributed by atoms with van der Waals surface area (Å²) in [6, 6.07) is 17.8. The van der Waals surface area contributed by atoms with Gasteiger partial charge in [-0.15, -0.1) is 11.8 Å². The van der Waals surface area contributed by atoms with E-state index >= 15 is 0 Å². The van der Waals surface area contributed by atoms with Crippen LogP contribution in [0, 0.1) is 0 Å². The van der Waals surface area contributed by atoms with Crippen LogP contribution < -0.4 is 10.1 Å². The summed E-state index contributed by atoms with van der Waals surface area (Å²) in [5.41, 5.74) is 2.02. The van der Waals surface area contributed by atoms with E-state index in [2.05, 4.69) is 36.4 Å². The van der Waals surface area contributed by atoms with E-state index in [-0.39, 0.29) is 11.2 Å². The molecular weight excluding hydrogens is 344 g/mol. The van der Waals surface area contributed by atoms with Crippen molar-refractivity contribution in [2.24, 2.45) is 0 Å². The zero-order valence-corrected chi connectivity index (χ0v) is 16.6. The zero-order valence-electron chi connectivity index (χ0n) is 15.8. The minimum absolute atomic E-state index is 0.0191. The number of anilines is 1. The lowest BCUT2D eigenvalue weighted by molar-refractivity contribution is -0.115. The molecule has 140 valence electrons. The van der Waals surface area contributed by atoms with E-state index in [4.69, 9.17) is 4.74 Å². The van der Waals surface area contributed by atoms with Crippen LogP contribution >= 0.6 is 11.8 Å². The van der Waals surface area contributed by atoms with Crippen LogP contribution in [0.3, 0.4) is 0 Å². The second kappa shape index (κ2) is 10.9. The van der Waals surface area contributed by atoms with Crippen LogP contribution in [0.1, 0.15) is 18.9 Å². The van der Waals surface area contributed by atoms with E-state index in [0.717, 1.165) is 30.2 Å². The molecule has 0 aliphatic carbocycles. The molecule has 0 aliphatic heterocycles. The van der Waals surface area contributed by atoms with Crippen molar-refractivity contribution >= 4 is 23.4 Å². The molecule has 0 radical (unpaired) electrons. The molecule has 0 heterocycles. The number of benzene rings is 2. The maximum absolute atomic E-state index is 12.3. The number of thioether (sulfide) groups is 1. The fourth-order valence-electron chi connectivity index (χ4n) is 2.32. The Hall–Kier alpha value is -1.98. The molecule has 2 aromatic carbocycles. The lowest BCUT2D eigenvalue weighted by Gasteiger charge is -2.13. The van der Waals surface area contributed by atoms with Crippen molar-refractivity contribution in [2.75, 3.05) is 32.6 Å². The first-order valence-electron chi connectivity index (χ1n) is 8.88. The van der Waals surface area contributed by atoms with Gasteiger partial charge in [0.25, 0.3) is 0 Å². The zero-order chi connectivity index (χ0) is 18.8. The Bertz CT molecular complexity index is 659. The molecule has 26 heavy (non-hydrogen) atoms. The Morgan fingerprint density at radius 1 is 1.12 bits per heavy atom. The van der Waals surface area contributed by atoms with Gasteiger partial charge in [0.15, 0.2) is 0 Å². The molecule has 0 fully saturated rings. The Labute approximate surface area is 160 Å². The van der Waals surface area contributed by atoms with Gasteiger partial charge >= 0.3 is 0 Å². The molecule has 0 saturated heterocycles. The monoisotopic (exact) mass is 372 g/mol. The molecule has 2 rings (SSSR count). The van der Waals surface area contributed by atoms with E-state index in [9.17, 15) is 4.79 Å². The third-order valence-electron chi connectivity index (χ3n) is 3.85. The molecule has 0 aliphatic rings. The summed E-state index contributed by atoms with van der Waals surface area (Å²) in [4.78, 5) is 14.5. The number of nitrogens with zero attached hydrogens (tertiary/aromatic N) is 1. The Morgan fingerprint density at radius 2 is 1.81 bits per heavy atom. The SMILES string of the molecule is CC(SCc1ccccc1)C(=O)Nc1ccc(OCCCN(C)C)cc1. The first-order chi connectivity index (χ1) is 12.5. The lowest BCUT2D eigenvalue weighted by atomic mass is 10.2. The van der Waals surface area contributed by atoms with Crippen LogP contribution in [0.15, 0.2) is 54.6 Å². The van der Waals surface area contributed by atoms with Crippen molar-refractivity contribution in [1.82, 2.24) is 4.90 Å². The standard InChI is InChI=1S/C21H28N2O2S/c1-17(26-16-18-8-5-4-6-9-18)21(24)22-19-10-12-20(13-11-19)25-15-7-14-23(2)3/h4-6,8-13,17H,7,14-16H2,1-3H3,(H,22,24). The number of amides is 1. The predicted molar refractivity (Wildman–Crippen MR) is 111 cm³/mol. The van der Waals surface area contributed by atoms with Gasteiger partial charge in [-0.3, -0.25) is 4.79 Å². The molecule has 1 amide bonds. The molecule has 5 heteroatoms. The van der Waals surface area contributed by atoms with Gasteiger partial charge < -0.3 is 15.0 Å². The molecule has 1 atom stereocenters. The minimum Gasteiger partial charge on any atom is -0.494 e. The first kappa shape index (κ1) is 20.3. The summed E-state index contributed by atoms with van der Waals surface area (Å²) in [6.45, 7) is 3.63. The highest BCUT2D eigenvalue weighted by atomic mass is 32.2. The van der Waals surface area contributed by atoms with Crippen LogP contribution in [0.5, 0.6) is 5.75 Å². The molecular formula is C21H28N2O2S. The van der Waals surface area contributed by atoms with Gasteiger partial charge in [0.1, 0.15) is 5.75 Å². The van der Waals surface area contributed by atoms with Crippen LogP contribution in [0.25, 0.3) is 0 Å².